The maximum atomic E-state index is 13.3. The third-order valence-electron chi connectivity index (χ3n) is 7.80. The predicted molar refractivity (Wildman–Crippen MR) is 149 cm³/mol. The van der Waals surface area contributed by atoms with Crippen molar-refractivity contribution in [1.82, 2.24) is 25.1 Å². The van der Waals surface area contributed by atoms with E-state index in [0.717, 1.165) is 30.2 Å². The lowest BCUT2D eigenvalue weighted by atomic mass is 9.92. The van der Waals surface area contributed by atoms with Crippen molar-refractivity contribution in [3.05, 3.63) is 53.6 Å². The number of likely N-dealkylation sites (tertiary alicyclic amines) is 1. The first-order chi connectivity index (χ1) is 20.2. The van der Waals surface area contributed by atoms with E-state index in [9.17, 15) is 18.0 Å². The van der Waals surface area contributed by atoms with E-state index in [1.807, 2.05) is 29.2 Å². The smallest absolute Gasteiger partial charge is 0.382 e. The Morgan fingerprint density at radius 1 is 1.00 bits per heavy atom. The maximum absolute atomic E-state index is 13.3. The Morgan fingerprint density at radius 3 is 2.26 bits per heavy atom. The normalized spacial score (nSPS) is 19.7. The van der Waals surface area contributed by atoms with Crippen molar-refractivity contribution in [2.45, 2.75) is 62.9 Å². The average Bonchev–Trinajstić information content (AvgIpc) is 3.43. The molecule has 1 aliphatic heterocycles. The highest BCUT2D eigenvalue weighted by Crippen LogP contribution is 2.34. The van der Waals surface area contributed by atoms with Crippen molar-refractivity contribution in [1.29, 1.82) is 5.26 Å². The highest BCUT2D eigenvalue weighted by atomic mass is 19.4. The van der Waals surface area contributed by atoms with E-state index in [4.69, 9.17) is 10.00 Å². The number of ether oxygens (including phenoxy) is 1. The summed E-state index contributed by atoms with van der Waals surface area (Å²) in [6, 6.07) is 13.4. The number of aromatic nitrogens is 4. The summed E-state index contributed by atoms with van der Waals surface area (Å²) >= 11 is 0. The number of tetrazole rings is 1. The second kappa shape index (κ2) is 12.8. The minimum atomic E-state index is -4.59. The first-order valence-corrected chi connectivity index (χ1v) is 14.1. The van der Waals surface area contributed by atoms with Gasteiger partial charge in [0.2, 0.25) is 11.7 Å². The number of halogens is 3. The van der Waals surface area contributed by atoms with Crippen molar-refractivity contribution in [3.8, 4) is 17.5 Å². The van der Waals surface area contributed by atoms with Gasteiger partial charge in [-0.2, -0.15) is 23.2 Å². The molecule has 1 amide bonds. The van der Waals surface area contributed by atoms with Crippen molar-refractivity contribution < 1.29 is 22.7 Å². The number of nitrogens with one attached hydrogen (secondary N) is 2. The molecule has 2 aromatic carbocycles. The molecule has 13 heteroatoms. The molecule has 1 saturated carbocycles. The molecular weight excluding hydrogens is 549 g/mol. The molecule has 222 valence electrons. The Labute approximate surface area is 241 Å². The Bertz CT molecular complexity index is 1400. The topological polar surface area (TPSA) is 121 Å². The van der Waals surface area contributed by atoms with E-state index < -0.39 is 17.3 Å². The molecule has 3 aromatic rings. The summed E-state index contributed by atoms with van der Waals surface area (Å²) in [6.45, 7) is 1.34. The van der Waals surface area contributed by atoms with Crippen LogP contribution in [0.4, 0.5) is 24.5 Å². The van der Waals surface area contributed by atoms with Crippen LogP contribution in [0.25, 0.3) is 11.4 Å². The van der Waals surface area contributed by atoms with Crippen LogP contribution >= 0.6 is 0 Å². The van der Waals surface area contributed by atoms with Crippen LogP contribution in [-0.2, 0) is 22.8 Å². The Morgan fingerprint density at radius 2 is 1.64 bits per heavy atom. The number of hydrogen-bond acceptors (Lipinski definition) is 8. The van der Waals surface area contributed by atoms with Gasteiger partial charge in [0.15, 0.2) is 0 Å². The van der Waals surface area contributed by atoms with Crippen molar-refractivity contribution in [2.75, 3.05) is 30.3 Å². The third kappa shape index (κ3) is 7.36. The number of nitriles is 1. The number of nitrogens with zero attached hydrogens (tertiary/aromatic N) is 6. The van der Waals surface area contributed by atoms with Crippen molar-refractivity contribution in [3.63, 3.8) is 0 Å². The quantitative estimate of drug-likeness (QED) is 0.395. The molecule has 2 heterocycles. The lowest BCUT2D eigenvalue weighted by Crippen LogP contribution is -2.44. The molecule has 0 atom stereocenters. The number of anilines is 2. The Kier molecular flexibility index (Phi) is 8.91. The van der Waals surface area contributed by atoms with Gasteiger partial charge in [-0.05, 0) is 86.2 Å². The van der Waals surface area contributed by atoms with Gasteiger partial charge in [-0.15, -0.1) is 10.2 Å². The van der Waals surface area contributed by atoms with E-state index in [1.165, 1.54) is 16.9 Å². The van der Waals surface area contributed by atoms with Gasteiger partial charge in [-0.1, -0.05) is 0 Å². The van der Waals surface area contributed by atoms with Crippen LogP contribution < -0.4 is 10.6 Å². The summed E-state index contributed by atoms with van der Waals surface area (Å²) in [5.41, 5.74) is 0.912. The van der Waals surface area contributed by atoms with E-state index in [-0.39, 0.29) is 30.7 Å². The highest BCUT2D eigenvalue weighted by molar-refractivity contribution is 5.77. The first kappa shape index (κ1) is 29.3. The molecule has 5 rings (SSSR count). The Balaban J connectivity index is 1.01. The minimum absolute atomic E-state index is 0.000909. The van der Waals surface area contributed by atoms with Gasteiger partial charge >= 0.3 is 6.18 Å². The summed E-state index contributed by atoms with van der Waals surface area (Å²) in [5.74, 6) is 0.556. The molecule has 0 unspecified atom stereocenters. The fourth-order valence-corrected chi connectivity index (χ4v) is 5.48. The van der Waals surface area contributed by atoms with Crippen LogP contribution in [0.5, 0.6) is 0 Å². The van der Waals surface area contributed by atoms with Gasteiger partial charge in [0.25, 0.3) is 0 Å². The number of carbonyl (C=O) groups excluding carboxylic acids is 1. The molecule has 0 spiro atoms. The molecule has 2 N–H and O–H groups in total. The summed E-state index contributed by atoms with van der Waals surface area (Å²) in [4.78, 5) is 16.1. The molecule has 1 aromatic heterocycles. The van der Waals surface area contributed by atoms with E-state index in [0.29, 0.717) is 50.3 Å². The lowest BCUT2D eigenvalue weighted by molar-refractivity contribution is -0.140. The number of carbonyl (C=O) groups is 1. The summed E-state index contributed by atoms with van der Waals surface area (Å²) in [6.07, 6.45) is -0.117. The zero-order valence-electron chi connectivity index (χ0n) is 23.3. The van der Waals surface area contributed by atoms with Crippen molar-refractivity contribution in [2.24, 2.45) is 7.05 Å². The van der Waals surface area contributed by atoms with Crippen LogP contribution in [0.2, 0.25) is 0 Å². The molecular formula is C29H33F3N8O2. The second-order valence-corrected chi connectivity index (χ2v) is 10.8. The largest absolute Gasteiger partial charge is 0.417 e. The number of aryl methyl sites for hydroxylation is 1. The third-order valence-corrected chi connectivity index (χ3v) is 7.80. The fourth-order valence-electron chi connectivity index (χ4n) is 5.48. The van der Waals surface area contributed by atoms with Gasteiger partial charge in [-0.3, -0.25) is 4.79 Å². The van der Waals surface area contributed by atoms with Gasteiger partial charge in [0.05, 0.1) is 30.3 Å². The number of benzene rings is 2. The van der Waals surface area contributed by atoms with E-state index >= 15 is 0 Å². The molecule has 0 bridgehead atoms. The molecule has 2 fully saturated rings. The molecule has 10 nitrogen and oxygen atoms in total. The zero-order valence-corrected chi connectivity index (χ0v) is 23.3. The van der Waals surface area contributed by atoms with Crippen LogP contribution in [0, 0.1) is 11.3 Å². The molecule has 42 heavy (non-hydrogen) atoms. The lowest BCUT2D eigenvalue weighted by Gasteiger charge is -2.34. The van der Waals surface area contributed by atoms with Gasteiger partial charge in [0.1, 0.15) is 6.61 Å². The van der Waals surface area contributed by atoms with Gasteiger partial charge in [0, 0.05) is 42.1 Å². The summed E-state index contributed by atoms with van der Waals surface area (Å²) < 4.78 is 45.7. The maximum Gasteiger partial charge on any atom is 0.417 e. The minimum Gasteiger partial charge on any atom is -0.382 e. The summed E-state index contributed by atoms with van der Waals surface area (Å²) in [7, 11) is 1.73. The first-order valence-electron chi connectivity index (χ1n) is 14.1. The standard InChI is InChI=1S/C29H33F3N8O2/c1-39-37-28(36-38-39)19-2-5-21(6-3-19)34-23-12-14-40(15-13-23)27(41)18-42-25-10-8-22(9-11-25)35-24-7-4-20(17-33)26(16-24)29(30,31)32/h2-7,16,22-23,25,34-35H,8-15,18H2,1H3. The average molecular weight is 583 g/mol. The fraction of sp³-hybridized carbons (Fsp3) is 0.483. The van der Waals surface area contributed by atoms with E-state index in [2.05, 4.69) is 26.0 Å². The van der Waals surface area contributed by atoms with E-state index in [1.54, 1.807) is 13.1 Å². The number of amides is 1. The zero-order chi connectivity index (χ0) is 29.7. The van der Waals surface area contributed by atoms with Gasteiger partial charge in [-0.25, -0.2) is 0 Å². The second-order valence-electron chi connectivity index (χ2n) is 10.8. The predicted octanol–water partition coefficient (Wildman–Crippen LogP) is 4.61. The van der Waals surface area contributed by atoms with Crippen LogP contribution in [0.3, 0.4) is 0 Å². The number of hydrogen-bond donors (Lipinski definition) is 2. The monoisotopic (exact) mass is 582 g/mol. The van der Waals surface area contributed by atoms with Crippen LogP contribution in [0.1, 0.15) is 49.7 Å². The number of alkyl halides is 3. The molecule has 1 saturated heterocycles. The number of rotatable bonds is 8. The number of piperidine rings is 1. The summed E-state index contributed by atoms with van der Waals surface area (Å²) in [5, 5.41) is 27.8. The van der Waals surface area contributed by atoms with Crippen LogP contribution in [0.15, 0.2) is 42.5 Å². The Hall–Kier alpha value is -4.18. The molecule has 1 aliphatic carbocycles. The van der Waals surface area contributed by atoms with Crippen LogP contribution in [-0.4, -0.2) is 68.9 Å². The molecule has 2 aliphatic rings. The van der Waals surface area contributed by atoms with Crippen molar-refractivity contribution >= 4 is 17.3 Å². The SMILES string of the molecule is Cn1nnc(-c2ccc(NC3CCN(C(=O)COC4CCC(Nc5ccc(C#N)c(C(F)(F)F)c5)CC4)CC3)cc2)n1. The van der Waals surface area contributed by atoms with Gasteiger partial charge < -0.3 is 20.3 Å². The molecule has 0 radical (unpaired) electrons. The highest BCUT2D eigenvalue weighted by Gasteiger charge is 2.34.